The van der Waals surface area contributed by atoms with Crippen molar-refractivity contribution in [2.24, 2.45) is 35.5 Å². The third-order valence-corrected chi connectivity index (χ3v) is 17.5. The number of nitrogens with one attached hydrogen (secondary N) is 4. The van der Waals surface area contributed by atoms with Gasteiger partial charge in [0.25, 0.3) is 5.91 Å². The van der Waals surface area contributed by atoms with E-state index < -0.39 is 150 Å². The number of ether oxygens (including phenoxy) is 2. The van der Waals surface area contributed by atoms with E-state index in [0.29, 0.717) is 38.3 Å². The maximum atomic E-state index is 15.3. The van der Waals surface area contributed by atoms with Gasteiger partial charge in [-0.3, -0.25) is 63.0 Å². The first-order valence-electron chi connectivity index (χ1n) is 32.9. The molecule has 3 rings (SSSR count). The van der Waals surface area contributed by atoms with Crippen LogP contribution in [0.4, 0.5) is 0 Å². The highest BCUT2D eigenvalue weighted by molar-refractivity contribution is 5.98. The van der Waals surface area contributed by atoms with Crippen LogP contribution < -0.4 is 21.3 Å². The number of likely N-dealkylation sites (N-methyl/N-ethyl adjacent to an activating group) is 6. The molecular weight excluding hydrogens is 1180 g/mol. The van der Waals surface area contributed by atoms with E-state index in [1.165, 1.54) is 75.7 Å². The molecule has 2 aliphatic heterocycles. The molecule has 0 saturated carbocycles. The smallest absolute Gasteiger partial charge is 0.252 e. The molecule has 9 amide bonds. The fourth-order valence-corrected chi connectivity index (χ4v) is 12.4. The predicted molar refractivity (Wildman–Crippen MR) is 348 cm³/mol. The Morgan fingerprint density at radius 1 is 0.674 bits per heavy atom. The van der Waals surface area contributed by atoms with E-state index in [1.54, 1.807) is 27.7 Å². The van der Waals surface area contributed by atoms with E-state index in [0.717, 1.165) is 21.2 Å². The number of rotatable bonds is 19. The molecule has 1 aromatic heterocycles. The first-order valence-corrected chi connectivity index (χ1v) is 32.9. The van der Waals surface area contributed by atoms with Gasteiger partial charge in [-0.15, -0.1) is 0 Å². The second-order valence-electron chi connectivity index (χ2n) is 28.1. The molecule has 92 heavy (non-hydrogen) atoms. The van der Waals surface area contributed by atoms with Crippen molar-refractivity contribution >= 4 is 65.7 Å². The van der Waals surface area contributed by atoms with Gasteiger partial charge in [-0.2, -0.15) is 0 Å². The molecule has 0 spiro atoms. The number of hydrogen-bond acceptors (Lipinski definition) is 16. The summed E-state index contributed by atoms with van der Waals surface area (Å²) < 4.78 is 13.2. The van der Waals surface area contributed by atoms with Crippen LogP contribution in [0, 0.1) is 42.4 Å². The molecular formula is C67H113N11O14. The Kier molecular flexibility index (Phi) is 30.5. The van der Waals surface area contributed by atoms with Crippen LogP contribution in [-0.4, -0.2) is 232 Å². The lowest BCUT2D eigenvalue weighted by molar-refractivity contribution is -0.173. The SMILES string of the molecule is CCCC1C(=O)NC(C)(C=O)OC(C(C)C)C(=O)N(C)C(CC(C)C)C(=O)NC(CC(C)C)C(=O)N(C)C2C(=O)N(C)C(C(=O)NC(C(C)O)C(=O)N(C)CC(=O)N(C)C(C=O)(CC(C)C)NC(CC(C)C)C(=O)N1C)C(C(C)CCCc1cccc(C)n1)OC2C. The molecule has 25 nitrogen and oxygen atoms in total. The summed E-state index contributed by atoms with van der Waals surface area (Å²) in [5, 5.41) is 22.8. The van der Waals surface area contributed by atoms with Gasteiger partial charge in [0.05, 0.1) is 30.9 Å². The van der Waals surface area contributed by atoms with Gasteiger partial charge >= 0.3 is 0 Å². The van der Waals surface area contributed by atoms with Gasteiger partial charge in [-0.25, -0.2) is 0 Å². The van der Waals surface area contributed by atoms with Crippen LogP contribution in [0.5, 0.6) is 0 Å². The van der Waals surface area contributed by atoms with Gasteiger partial charge in [0.15, 0.2) is 24.0 Å². The van der Waals surface area contributed by atoms with Crippen molar-refractivity contribution in [3.8, 4) is 0 Å². The quantitative estimate of drug-likeness (QED) is 0.124. The number of fused-ring (bicyclic) bond motifs is 3. The van der Waals surface area contributed by atoms with Gasteiger partial charge in [0.2, 0.25) is 47.3 Å². The summed E-state index contributed by atoms with van der Waals surface area (Å²) in [6.07, 6.45) is -2.04. The number of aliphatic hydroxyl groups excluding tert-OH is 1. The highest BCUT2D eigenvalue weighted by Crippen LogP contribution is 2.31. The van der Waals surface area contributed by atoms with Crippen molar-refractivity contribution in [1.29, 1.82) is 0 Å². The minimum Gasteiger partial charge on any atom is -0.391 e. The van der Waals surface area contributed by atoms with E-state index in [2.05, 4.69) is 26.3 Å². The lowest BCUT2D eigenvalue weighted by atomic mass is 9.90. The van der Waals surface area contributed by atoms with Crippen LogP contribution in [-0.2, 0) is 68.6 Å². The molecule has 14 atom stereocenters. The average Bonchev–Trinajstić information content (AvgIpc) is 1.53. The van der Waals surface area contributed by atoms with Gasteiger partial charge in [-0.1, -0.05) is 95.6 Å². The predicted octanol–water partition coefficient (Wildman–Crippen LogP) is 3.64. The number of aldehydes is 2. The number of carbonyl (C=O) groups is 11. The number of carbonyl (C=O) groups excluding carboxylic acids is 11. The normalized spacial score (nSPS) is 29.1. The van der Waals surface area contributed by atoms with E-state index in [-0.39, 0.29) is 55.8 Å². The van der Waals surface area contributed by atoms with Crippen LogP contribution in [0.15, 0.2) is 18.2 Å². The van der Waals surface area contributed by atoms with E-state index in [9.17, 15) is 38.7 Å². The minimum absolute atomic E-state index is 0.0316. The molecule has 1 aromatic rings. The van der Waals surface area contributed by atoms with E-state index in [1.807, 2.05) is 87.4 Å². The average molecular weight is 1300 g/mol. The van der Waals surface area contributed by atoms with Crippen LogP contribution in [0.25, 0.3) is 0 Å². The standard InChI is InChI=1S/C67H113N11O14/c1-23-26-50-59(84)72-66(16,36-79)92-56(42(10)11)65(90)75(19)51(33-40(6)7)58(83)69-48(31-38(2)3)61(86)76(20)54-46(15)91-57(43(12)27-24-29-47-30-25-28-44(13)68-47)55(77(21)64(54)89)60(85)70-53(45(14)81)63(88)73(17)35-52(82)78(22)67(37-80,34-41(8)9)71-49(32-39(4)5)62(87)74(50)18/h25,28,30,36-43,45-46,48-51,53-57,71,81H,23-24,26-27,29,31-35H2,1-22H3,(H,69,83)(H,70,85)(H,72,84). The fourth-order valence-electron chi connectivity index (χ4n) is 12.4. The van der Waals surface area contributed by atoms with Crippen molar-refractivity contribution < 1.29 is 67.3 Å². The zero-order chi connectivity index (χ0) is 70.2. The van der Waals surface area contributed by atoms with E-state index in [4.69, 9.17) is 9.47 Å². The first kappa shape index (κ1) is 79.8. The van der Waals surface area contributed by atoms with E-state index >= 15 is 19.2 Å². The largest absolute Gasteiger partial charge is 0.391 e. The van der Waals surface area contributed by atoms with Crippen molar-refractivity contribution in [3.05, 3.63) is 29.6 Å². The van der Waals surface area contributed by atoms with Gasteiger partial charge in [0.1, 0.15) is 42.4 Å². The lowest BCUT2D eigenvalue weighted by Crippen LogP contribution is -2.68. The Bertz CT molecular complexity index is 2710. The molecule has 2 bridgehead atoms. The molecule has 2 fully saturated rings. The maximum absolute atomic E-state index is 15.3. The molecule has 2 aliphatic rings. The monoisotopic (exact) mass is 1300 g/mol. The maximum Gasteiger partial charge on any atom is 0.252 e. The molecule has 3 heterocycles. The van der Waals surface area contributed by atoms with Crippen LogP contribution >= 0.6 is 0 Å². The van der Waals surface area contributed by atoms with Crippen LogP contribution in [0.1, 0.15) is 167 Å². The summed E-state index contributed by atoms with van der Waals surface area (Å²) in [5.41, 5.74) is -2.40. The number of amides is 9. The highest BCUT2D eigenvalue weighted by atomic mass is 16.5. The molecule has 5 N–H and O–H groups in total. The number of pyridine rings is 1. The molecule has 2 saturated heterocycles. The zero-order valence-corrected chi connectivity index (χ0v) is 59.2. The molecule has 0 aromatic carbocycles. The molecule has 14 unspecified atom stereocenters. The van der Waals surface area contributed by atoms with Gasteiger partial charge in [-0.05, 0) is 127 Å². The summed E-state index contributed by atoms with van der Waals surface area (Å²) >= 11 is 0. The Labute approximate surface area is 547 Å². The van der Waals surface area contributed by atoms with Gasteiger partial charge < -0.3 is 59.9 Å². The molecule has 0 aliphatic carbocycles. The lowest BCUT2D eigenvalue weighted by Gasteiger charge is -2.43. The van der Waals surface area contributed by atoms with Crippen LogP contribution in [0.2, 0.25) is 0 Å². The summed E-state index contributed by atoms with van der Waals surface area (Å²) in [6.45, 7) is 27.1. The number of nitrogens with zero attached hydrogens (tertiary/aromatic N) is 7. The highest BCUT2D eigenvalue weighted by Gasteiger charge is 2.51. The first-order chi connectivity index (χ1) is 42.7. The fraction of sp³-hybridized carbons (Fsp3) is 0.761. The number of aryl methyl sites for hydroxylation is 2. The summed E-state index contributed by atoms with van der Waals surface area (Å²) in [7, 11) is 8.26. The van der Waals surface area contributed by atoms with Crippen molar-refractivity contribution in [2.75, 3.05) is 48.8 Å². The summed E-state index contributed by atoms with van der Waals surface area (Å²) in [4.78, 5) is 173. The molecule has 25 heteroatoms. The Morgan fingerprint density at radius 3 is 1.76 bits per heavy atom. The zero-order valence-electron chi connectivity index (χ0n) is 59.2. The molecule has 520 valence electrons. The minimum atomic E-state index is -2.19. The van der Waals surface area contributed by atoms with Crippen molar-refractivity contribution in [3.63, 3.8) is 0 Å². The summed E-state index contributed by atoms with van der Waals surface area (Å²) in [6, 6.07) is -3.86. The number of aliphatic hydroxyl groups is 1. The number of hydrogen-bond donors (Lipinski definition) is 5. The Hall–Kier alpha value is -6.44. The van der Waals surface area contributed by atoms with Gasteiger partial charge in [0, 0.05) is 53.7 Å². The van der Waals surface area contributed by atoms with Crippen molar-refractivity contribution in [1.82, 2.24) is 55.7 Å². The Morgan fingerprint density at radius 2 is 1.24 bits per heavy atom. The topological polar surface area (TPSA) is 307 Å². The third-order valence-electron chi connectivity index (χ3n) is 17.5. The number of aromatic nitrogens is 1. The second-order valence-corrected chi connectivity index (χ2v) is 28.1. The third kappa shape index (κ3) is 21.0. The Balaban J connectivity index is 2.41. The second kappa shape index (κ2) is 35.2. The summed E-state index contributed by atoms with van der Waals surface area (Å²) in [5.74, 6) is -8.89. The van der Waals surface area contributed by atoms with Crippen LogP contribution in [0.3, 0.4) is 0 Å². The van der Waals surface area contributed by atoms with Crippen molar-refractivity contribution in [2.45, 2.75) is 247 Å². The molecule has 0 radical (unpaired) electrons.